The molecule has 2 heteroatoms. The second-order valence-electron chi connectivity index (χ2n) is 8.11. The Morgan fingerprint density at radius 2 is 0.840 bits per heavy atom. The smallest absolute Gasteiger partial charge is 0.0691 e. The van der Waals surface area contributed by atoms with E-state index in [0.717, 1.165) is 19.3 Å². The summed E-state index contributed by atoms with van der Waals surface area (Å²) in [6, 6.07) is -0.00543. The fourth-order valence-electron chi connectivity index (χ4n) is 3.58. The molecule has 0 spiro atoms. The van der Waals surface area contributed by atoms with Crippen LogP contribution < -0.4 is 5.73 Å². The van der Waals surface area contributed by atoms with Crippen molar-refractivity contribution in [3.05, 3.63) is 0 Å². The summed E-state index contributed by atoms with van der Waals surface area (Å²) in [6.45, 7) is 4.53. The molecule has 2 nitrogen and oxygen atoms in total. The number of aliphatic hydroxyl groups is 1. The van der Waals surface area contributed by atoms with Gasteiger partial charge in [0.2, 0.25) is 0 Å². The van der Waals surface area contributed by atoms with E-state index >= 15 is 0 Å². The minimum Gasteiger partial charge on any atom is -0.392 e. The predicted octanol–water partition coefficient (Wildman–Crippen LogP) is 7.13. The van der Waals surface area contributed by atoms with Crippen molar-refractivity contribution in [2.75, 3.05) is 0 Å². The number of aliphatic hydroxyl groups excluding tert-OH is 1. The van der Waals surface area contributed by atoms with Gasteiger partial charge >= 0.3 is 0 Å². The van der Waals surface area contributed by atoms with Crippen LogP contribution in [0.5, 0.6) is 0 Å². The van der Waals surface area contributed by atoms with Gasteiger partial charge in [-0.15, -0.1) is 0 Å². The summed E-state index contributed by atoms with van der Waals surface area (Å²) in [5, 5.41) is 10.2. The number of hydrogen-bond acceptors (Lipinski definition) is 2. The Morgan fingerprint density at radius 1 is 0.520 bits per heavy atom. The average Bonchev–Trinajstić information content (AvgIpc) is 2.62. The van der Waals surface area contributed by atoms with E-state index < -0.39 is 0 Å². The fraction of sp³-hybridized carbons (Fsp3) is 1.00. The lowest BCUT2D eigenvalue weighted by Crippen LogP contribution is -2.34. The van der Waals surface area contributed by atoms with Crippen molar-refractivity contribution >= 4 is 0 Å². The van der Waals surface area contributed by atoms with Crippen LogP contribution in [-0.4, -0.2) is 17.3 Å². The summed E-state index contributed by atoms with van der Waals surface area (Å²) in [4.78, 5) is 0. The highest BCUT2D eigenvalue weighted by Crippen LogP contribution is 2.15. The summed E-state index contributed by atoms with van der Waals surface area (Å²) in [5.74, 6) is 0. The quantitative estimate of drug-likeness (QED) is 0.228. The summed E-state index contributed by atoms with van der Waals surface area (Å²) >= 11 is 0. The standard InChI is InChI=1S/C23H49NO/c1-3-5-7-9-11-12-13-15-16-18-20-22(24)23(25)21-19-17-14-10-8-6-4-2/h22-23,25H,3-21,24H2,1-2H3. The lowest BCUT2D eigenvalue weighted by atomic mass is 9.98. The molecular weight excluding hydrogens is 306 g/mol. The molecule has 0 aromatic rings. The molecule has 0 rings (SSSR count). The average molecular weight is 356 g/mol. The van der Waals surface area contributed by atoms with E-state index in [9.17, 15) is 5.11 Å². The highest BCUT2D eigenvalue weighted by molar-refractivity contribution is 4.71. The van der Waals surface area contributed by atoms with Crippen LogP contribution in [0.3, 0.4) is 0 Å². The molecule has 0 saturated heterocycles. The summed E-state index contributed by atoms with van der Waals surface area (Å²) in [7, 11) is 0. The number of unbranched alkanes of at least 4 members (excludes halogenated alkanes) is 15. The Kier molecular flexibility index (Phi) is 20.2. The molecule has 0 bridgehead atoms. The maximum absolute atomic E-state index is 10.2. The van der Waals surface area contributed by atoms with Gasteiger partial charge in [-0.2, -0.15) is 0 Å². The van der Waals surface area contributed by atoms with Gasteiger partial charge in [-0.3, -0.25) is 0 Å². The van der Waals surface area contributed by atoms with Crippen molar-refractivity contribution in [1.82, 2.24) is 0 Å². The van der Waals surface area contributed by atoms with Crippen LogP contribution in [0.2, 0.25) is 0 Å². The van der Waals surface area contributed by atoms with Crippen LogP contribution in [0.15, 0.2) is 0 Å². The lowest BCUT2D eigenvalue weighted by Gasteiger charge is -2.18. The van der Waals surface area contributed by atoms with E-state index in [4.69, 9.17) is 5.73 Å². The van der Waals surface area contributed by atoms with Gasteiger partial charge in [-0.1, -0.05) is 123 Å². The molecule has 0 aliphatic heterocycles. The monoisotopic (exact) mass is 355 g/mol. The van der Waals surface area contributed by atoms with Crippen molar-refractivity contribution < 1.29 is 5.11 Å². The van der Waals surface area contributed by atoms with Gasteiger partial charge < -0.3 is 10.8 Å². The first kappa shape index (κ1) is 24.9. The minimum atomic E-state index is -0.283. The molecule has 25 heavy (non-hydrogen) atoms. The van der Waals surface area contributed by atoms with E-state index in [2.05, 4.69) is 13.8 Å². The van der Waals surface area contributed by atoms with Crippen LogP contribution in [0.4, 0.5) is 0 Å². The van der Waals surface area contributed by atoms with Crippen LogP contribution in [0, 0.1) is 0 Å². The summed E-state index contributed by atoms with van der Waals surface area (Å²) in [6.07, 6.45) is 24.3. The van der Waals surface area contributed by atoms with Gasteiger partial charge in [0.05, 0.1) is 6.10 Å². The van der Waals surface area contributed by atoms with Gasteiger partial charge in [-0.25, -0.2) is 0 Å². The number of nitrogens with two attached hydrogens (primary N) is 1. The highest BCUT2D eigenvalue weighted by Gasteiger charge is 2.13. The molecule has 152 valence electrons. The van der Waals surface area contributed by atoms with Crippen molar-refractivity contribution in [3.8, 4) is 0 Å². The third-order valence-corrected chi connectivity index (χ3v) is 5.49. The molecule has 0 aliphatic carbocycles. The van der Waals surface area contributed by atoms with Crippen LogP contribution in [0.25, 0.3) is 0 Å². The third-order valence-electron chi connectivity index (χ3n) is 5.49. The fourth-order valence-corrected chi connectivity index (χ4v) is 3.58. The van der Waals surface area contributed by atoms with Gasteiger partial charge in [0.1, 0.15) is 0 Å². The zero-order valence-corrected chi connectivity index (χ0v) is 17.6. The number of rotatable bonds is 20. The molecule has 0 radical (unpaired) electrons. The second kappa shape index (κ2) is 20.2. The van der Waals surface area contributed by atoms with Crippen molar-refractivity contribution in [2.45, 2.75) is 148 Å². The maximum atomic E-state index is 10.2. The predicted molar refractivity (Wildman–Crippen MR) is 113 cm³/mol. The van der Waals surface area contributed by atoms with Crippen LogP contribution >= 0.6 is 0 Å². The van der Waals surface area contributed by atoms with Crippen molar-refractivity contribution in [2.24, 2.45) is 5.73 Å². The molecular formula is C23H49NO. The van der Waals surface area contributed by atoms with Crippen LogP contribution in [0.1, 0.15) is 136 Å². The molecule has 0 aliphatic rings. The first-order valence-corrected chi connectivity index (χ1v) is 11.7. The first-order valence-electron chi connectivity index (χ1n) is 11.7. The molecule has 0 saturated carbocycles. The largest absolute Gasteiger partial charge is 0.392 e. The van der Waals surface area contributed by atoms with Crippen molar-refractivity contribution in [3.63, 3.8) is 0 Å². The molecule has 2 unspecified atom stereocenters. The Bertz CT molecular complexity index is 244. The van der Waals surface area contributed by atoms with Gasteiger partial charge in [0.15, 0.2) is 0 Å². The molecule has 0 aromatic carbocycles. The molecule has 0 heterocycles. The molecule has 0 aromatic heterocycles. The Hall–Kier alpha value is -0.0800. The van der Waals surface area contributed by atoms with E-state index in [1.165, 1.54) is 103 Å². The second-order valence-corrected chi connectivity index (χ2v) is 8.11. The molecule has 3 N–H and O–H groups in total. The summed E-state index contributed by atoms with van der Waals surface area (Å²) in [5.41, 5.74) is 6.16. The number of hydrogen-bond donors (Lipinski definition) is 2. The maximum Gasteiger partial charge on any atom is 0.0691 e. The molecule has 0 amide bonds. The van der Waals surface area contributed by atoms with E-state index in [1.807, 2.05) is 0 Å². The normalized spacial score (nSPS) is 13.9. The Balaban J connectivity index is 3.31. The first-order chi connectivity index (χ1) is 12.2. The summed E-state index contributed by atoms with van der Waals surface area (Å²) < 4.78 is 0. The Labute approximate surface area is 159 Å². The zero-order valence-electron chi connectivity index (χ0n) is 17.6. The molecule has 2 atom stereocenters. The molecule has 0 fully saturated rings. The lowest BCUT2D eigenvalue weighted by molar-refractivity contribution is 0.126. The van der Waals surface area contributed by atoms with E-state index in [-0.39, 0.29) is 12.1 Å². The van der Waals surface area contributed by atoms with E-state index in [0.29, 0.717) is 0 Å². The van der Waals surface area contributed by atoms with Gasteiger partial charge in [0.25, 0.3) is 0 Å². The highest BCUT2D eigenvalue weighted by atomic mass is 16.3. The zero-order chi connectivity index (χ0) is 18.6. The van der Waals surface area contributed by atoms with Crippen molar-refractivity contribution in [1.29, 1.82) is 0 Å². The topological polar surface area (TPSA) is 46.2 Å². The van der Waals surface area contributed by atoms with Gasteiger partial charge in [0, 0.05) is 6.04 Å². The minimum absolute atomic E-state index is 0.00543. The van der Waals surface area contributed by atoms with E-state index in [1.54, 1.807) is 0 Å². The Morgan fingerprint density at radius 3 is 1.24 bits per heavy atom. The third kappa shape index (κ3) is 18.5. The van der Waals surface area contributed by atoms with Gasteiger partial charge in [-0.05, 0) is 12.8 Å². The SMILES string of the molecule is CCCCCCCCCCCCC(N)C(O)CCCCCCCCC. The van der Waals surface area contributed by atoms with Crippen LogP contribution in [-0.2, 0) is 0 Å².